The normalized spacial score (nSPS) is 27.2. The van der Waals surface area contributed by atoms with Crippen molar-refractivity contribution in [1.29, 1.82) is 0 Å². The number of hydrogen-bond acceptors (Lipinski definition) is 2. The van der Waals surface area contributed by atoms with Crippen LogP contribution in [0.2, 0.25) is 0 Å². The number of nitrogens with zero attached hydrogens (tertiary/aromatic N) is 1. The summed E-state index contributed by atoms with van der Waals surface area (Å²) in [6.45, 7) is 3.14. The fourth-order valence-electron chi connectivity index (χ4n) is 4.49. The summed E-state index contributed by atoms with van der Waals surface area (Å²) in [5.74, 6) is 0.803. The molecule has 0 bridgehead atoms. The number of hydrogen-bond donors (Lipinski definition) is 1. The van der Waals surface area contributed by atoms with E-state index in [1.807, 2.05) is 6.07 Å². The summed E-state index contributed by atoms with van der Waals surface area (Å²) in [5.41, 5.74) is 7.49. The second kappa shape index (κ2) is 8.35. The maximum Gasteiger partial charge on any atom is 0.223 e. The third-order valence-corrected chi connectivity index (χ3v) is 5.84. The van der Waals surface area contributed by atoms with Crippen LogP contribution in [0.3, 0.4) is 0 Å². The number of amides is 1. The predicted molar refractivity (Wildman–Crippen MR) is 101 cm³/mol. The number of halogens is 1. The van der Waals surface area contributed by atoms with Crippen LogP contribution in [-0.4, -0.2) is 28.9 Å². The van der Waals surface area contributed by atoms with Gasteiger partial charge in [0, 0.05) is 24.5 Å². The molecule has 134 valence electrons. The van der Waals surface area contributed by atoms with Crippen molar-refractivity contribution in [2.45, 2.75) is 69.9 Å². The molecule has 1 saturated heterocycles. The average molecular weight is 351 g/mol. The van der Waals surface area contributed by atoms with E-state index in [1.165, 1.54) is 12.0 Å². The fourth-order valence-corrected chi connectivity index (χ4v) is 4.49. The van der Waals surface area contributed by atoms with E-state index in [9.17, 15) is 4.79 Å². The van der Waals surface area contributed by atoms with Gasteiger partial charge in [-0.2, -0.15) is 0 Å². The molecule has 2 aliphatic rings. The van der Waals surface area contributed by atoms with E-state index in [2.05, 4.69) is 36.1 Å². The third-order valence-electron chi connectivity index (χ3n) is 5.84. The van der Waals surface area contributed by atoms with Gasteiger partial charge in [-0.15, -0.1) is 12.4 Å². The summed E-state index contributed by atoms with van der Waals surface area (Å²) in [7, 11) is 0. The maximum atomic E-state index is 13.0. The van der Waals surface area contributed by atoms with Crippen LogP contribution >= 0.6 is 12.4 Å². The van der Waals surface area contributed by atoms with Crippen LogP contribution in [0.4, 0.5) is 0 Å². The molecule has 1 saturated carbocycles. The Hall–Kier alpha value is -1.06. The molecule has 1 amide bonds. The summed E-state index contributed by atoms with van der Waals surface area (Å²) in [4.78, 5) is 15.2. The SMILES string of the molecule is CC[C@@H](CC(=O)N1CCCCC12CC(N)C2)Cc1ccccc1.Cl. The summed E-state index contributed by atoms with van der Waals surface area (Å²) in [5, 5.41) is 0. The summed E-state index contributed by atoms with van der Waals surface area (Å²) in [6, 6.07) is 10.8. The van der Waals surface area contributed by atoms with Crippen molar-refractivity contribution in [2.75, 3.05) is 6.54 Å². The molecule has 2 fully saturated rings. The molecule has 4 heteroatoms. The first-order chi connectivity index (χ1) is 11.1. The van der Waals surface area contributed by atoms with Crippen LogP contribution < -0.4 is 5.73 Å². The summed E-state index contributed by atoms with van der Waals surface area (Å²) in [6.07, 6.45) is 8.31. The first-order valence-corrected chi connectivity index (χ1v) is 9.23. The Morgan fingerprint density at radius 1 is 1.29 bits per heavy atom. The molecule has 0 unspecified atom stereocenters. The van der Waals surface area contributed by atoms with Crippen molar-refractivity contribution in [3.8, 4) is 0 Å². The van der Waals surface area contributed by atoms with Gasteiger partial charge in [-0.25, -0.2) is 0 Å². The van der Waals surface area contributed by atoms with Crippen LogP contribution in [0.5, 0.6) is 0 Å². The lowest BCUT2D eigenvalue weighted by molar-refractivity contribution is -0.147. The Kier molecular flexibility index (Phi) is 6.70. The van der Waals surface area contributed by atoms with E-state index in [4.69, 9.17) is 5.73 Å². The Balaban J connectivity index is 0.00000208. The minimum atomic E-state index is 0. The van der Waals surface area contributed by atoms with E-state index in [1.54, 1.807) is 0 Å². The van der Waals surface area contributed by atoms with Crippen molar-refractivity contribution in [1.82, 2.24) is 4.90 Å². The largest absolute Gasteiger partial charge is 0.337 e. The van der Waals surface area contributed by atoms with Gasteiger partial charge in [0.1, 0.15) is 0 Å². The molecule has 1 atom stereocenters. The van der Waals surface area contributed by atoms with Gasteiger partial charge in [-0.3, -0.25) is 4.79 Å². The van der Waals surface area contributed by atoms with E-state index in [0.717, 1.165) is 45.1 Å². The van der Waals surface area contributed by atoms with Gasteiger partial charge >= 0.3 is 0 Å². The van der Waals surface area contributed by atoms with E-state index in [-0.39, 0.29) is 17.9 Å². The molecule has 1 aliphatic carbocycles. The second-order valence-corrected chi connectivity index (χ2v) is 7.56. The minimum Gasteiger partial charge on any atom is -0.337 e. The highest BCUT2D eigenvalue weighted by Crippen LogP contribution is 2.44. The highest BCUT2D eigenvalue weighted by atomic mass is 35.5. The zero-order valence-electron chi connectivity index (χ0n) is 14.7. The van der Waals surface area contributed by atoms with Crippen LogP contribution in [0, 0.1) is 5.92 Å². The van der Waals surface area contributed by atoms with E-state index < -0.39 is 0 Å². The molecule has 0 aromatic heterocycles. The summed E-state index contributed by atoms with van der Waals surface area (Å²) < 4.78 is 0. The molecular weight excluding hydrogens is 320 g/mol. The summed E-state index contributed by atoms with van der Waals surface area (Å²) >= 11 is 0. The number of likely N-dealkylation sites (tertiary alicyclic amines) is 1. The van der Waals surface area contributed by atoms with Gasteiger partial charge in [0.15, 0.2) is 0 Å². The molecule has 24 heavy (non-hydrogen) atoms. The molecule has 1 aromatic carbocycles. The first-order valence-electron chi connectivity index (χ1n) is 9.23. The Bertz CT molecular complexity index is 522. The molecule has 1 aromatic rings. The zero-order valence-corrected chi connectivity index (χ0v) is 15.6. The van der Waals surface area contributed by atoms with Gasteiger partial charge in [-0.1, -0.05) is 43.7 Å². The number of carbonyl (C=O) groups excluding carboxylic acids is 1. The van der Waals surface area contributed by atoms with Gasteiger partial charge in [0.25, 0.3) is 0 Å². The molecule has 1 aliphatic heterocycles. The average Bonchev–Trinajstić information content (AvgIpc) is 2.54. The predicted octanol–water partition coefficient (Wildman–Crippen LogP) is 3.94. The van der Waals surface area contributed by atoms with Crippen LogP contribution in [0.15, 0.2) is 30.3 Å². The first kappa shape index (κ1) is 19.3. The number of piperidine rings is 1. The lowest BCUT2D eigenvalue weighted by Crippen LogP contribution is -2.65. The molecule has 1 heterocycles. The van der Waals surface area contributed by atoms with Crippen LogP contribution in [0.1, 0.15) is 57.4 Å². The van der Waals surface area contributed by atoms with Crippen molar-refractivity contribution in [3.05, 3.63) is 35.9 Å². The van der Waals surface area contributed by atoms with Gasteiger partial charge in [0.05, 0.1) is 0 Å². The quantitative estimate of drug-likeness (QED) is 0.874. The third kappa shape index (κ3) is 4.12. The molecule has 3 nitrogen and oxygen atoms in total. The van der Waals surface area contributed by atoms with Gasteiger partial charge in [0.2, 0.25) is 5.91 Å². The molecular formula is C20H31ClN2O. The number of rotatable bonds is 5. The lowest BCUT2D eigenvalue weighted by atomic mass is 9.67. The van der Waals surface area contributed by atoms with Crippen LogP contribution in [-0.2, 0) is 11.2 Å². The number of nitrogens with two attached hydrogens (primary N) is 1. The zero-order chi connectivity index (χ0) is 16.3. The Morgan fingerprint density at radius 2 is 2.00 bits per heavy atom. The van der Waals surface area contributed by atoms with Gasteiger partial charge in [-0.05, 0) is 50.0 Å². The monoisotopic (exact) mass is 350 g/mol. The molecule has 3 rings (SSSR count). The number of benzene rings is 1. The fraction of sp³-hybridized carbons (Fsp3) is 0.650. The van der Waals surface area contributed by atoms with Crippen molar-refractivity contribution < 1.29 is 4.79 Å². The molecule has 0 radical (unpaired) electrons. The van der Waals surface area contributed by atoms with Crippen LogP contribution in [0.25, 0.3) is 0 Å². The van der Waals surface area contributed by atoms with Crippen molar-refractivity contribution >= 4 is 18.3 Å². The molecule has 2 N–H and O–H groups in total. The maximum absolute atomic E-state index is 13.0. The topological polar surface area (TPSA) is 46.3 Å². The molecule has 1 spiro atoms. The highest BCUT2D eigenvalue weighted by molar-refractivity contribution is 5.85. The second-order valence-electron chi connectivity index (χ2n) is 7.56. The van der Waals surface area contributed by atoms with Gasteiger partial charge < -0.3 is 10.6 Å². The smallest absolute Gasteiger partial charge is 0.223 e. The van der Waals surface area contributed by atoms with Crippen molar-refractivity contribution in [3.63, 3.8) is 0 Å². The standard InChI is InChI=1S/C20H30N2O.ClH/c1-2-16(12-17-8-4-3-5-9-17)13-19(23)22-11-7-6-10-20(22)14-18(21)15-20;/h3-5,8-9,16,18H,2,6-7,10-15,21H2,1H3;1H/t16-,18?,20?;/m1./s1. The van der Waals surface area contributed by atoms with E-state index >= 15 is 0 Å². The van der Waals surface area contributed by atoms with E-state index in [0.29, 0.717) is 24.3 Å². The number of carbonyl (C=O) groups is 1. The minimum absolute atomic E-state index is 0. The lowest BCUT2D eigenvalue weighted by Gasteiger charge is -2.56. The highest BCUT2D eigenvalue weighted by Gasteiger charge is 2.49. The Morgan fingerprint density at radius 3 is 2.62 bits per heavy atom. The van der Waals surface area contributed by atoms with Crippen molar-refractivity contribution in [2.24, 2.45) is 11.7 Å². The Labute approximate surface area is 152 Å².